The maximum Gasteiger partial charge on any atom is 0.231 e. The highest BCUT2D eigenvalue weighted by Crippen LogP contribution is 2.25. The molecule has 0 spiro atoms. The molecule has 0 bridgehead atoms. The predicted octanol–water partition coefficient (Wildman–Crippen LogP) is 1.94. The molecule has 2 aromatic rings. The normalized spacial score (nSPS) is 18.5. The number of pyridine rings is 1. The summed E-state index contributed by atoms with van der Waals surface area (Å²) < 4.78 is 10.6. The number of hydrogen-bond acceptors (Lipinski definition) is 7. The smallest absolute Gasteiger partial charge is 0.231 e. The summed E-state index contributed by atoms with van der Waals surface area (Å²) in [7, 11) is 1.48. The van der Waals surface area contributed by atoms with Crippen LogP contribution in [0, 0.1) is 11.3 Å². The first-order chi connectivity index (χ1) is 12.2. The van der Waals surface area contributed by atoms with Gasteiger partial charge in [-0.15, -0.1) is 0 Å². The number of aromatic amines is 1. The fraction of sp³-hybridized carbons (Fsp3) is 0.294. The van der Waals surface area contributed by atoms with E-state index in [9.17, 15) is 5.26 Å². The number of nitrogens with zero attached hydrogens (tertiary/aromatic N) is 4. The van der Waals surface area contributed by atoms with Gasteiger partial charge in [0.05, 0.1) is 38.4 Å². The fourth-order valence-corrected chi connectivity index (χ4v) is 2.63. The minimum atomic E-state index is 0.282. The number of rotatable bonds is 3. The summed E-state index contributed by atoms with van der Waals surface area (Å²) in [5.74, 6) is 0.282. The molecule has 0 amide bonds. The third-order valence-electron chi connectivity index (χ3n) is 3.88. The number of nitriles is 1. The highest BCUT2D eigenvalue weighted by atomic mass is 16.5. The molecule has 25 heavy (non-hydrogen) atoms. The van der Waals surface area contributed by atoms with E-state index >= 15 is 0 Å². The average Bonchev–Trinajstić information content (AvgIpc) is 3.08. The van der Waals surface area contributed by atoms with Crippen LogP contribution in [0.1, 0.15) is 24.0 Å². The Morgan fingerprint density at radius 2 is 2.24 bits per heavy atom. The van der Waals surface area contributed by atoms with E-state index in [0.717, 1.165) is 16.8 Å². The van der Waals surface area contributed by atoms with Crippen LogP contribution >= 0.6 is 0 Å². The van der Waals surface area contributed by atoms with Gasteiger partial charge in [0.15, 0.2) is 0 Å². The Hall–Kier alpha value is -3.18. The van der Waals surface area contributed by atoms with Crippen molar-refractivity contribution in [3.63, 3.8) is 0 Å². The molecule has 3 N–H and O–H groups in total. The second kappa shape index (κ2) is 7.59. The molecule has 2 aromatic heterocycles. The summed E-state index contributed by atoms with van der Waals surface area (Å²) >= 11 is 0. The van der Waals surface area contributed by atoms with Gasteiger partial charge in [-0.25, -0.2) is 4.98 Å². The van der Waals surface area contributed by atoms with Gasteiger partial charge in [0.25, 0.3) is 0 Å². The Labute approximate surface area is 145 Å². The van der Waals surface area contributed by atoms with Crippen molar-refractivity contribution >= 4 is 17.1 Å². The van der Waals surface area contributed by atoms with Crippen molar-refractivity contribution in [3.8, 4) is 11.9 Å². The average molecular weight is 338 g/mol. The van der Waals surface area contributed by atoms with E-state index in [2.05, 4.69) is 26.2 Å². The quantitative estimate of drug-likeness (QED) is 0.882. The molecule has 0 aliphatic carbocycles. The number of ether oxygens (including phenoxy) is 2. The third kappa shape index (κ3) is 3.67. The van der Waals surface area contributed by atoms with E-state index in [4.69, 9.17) is 15.2 Å². The summed E-state index contributed by atoms with van der Waals surface area (Å²) in [4.78, 5) is 8.80. The van der Waals surface area contributed by atoms with Crippen molar-refractivity contribution in [1.82, 2.24) is 15.2 Å². The second-order valence-electron chi connectivity index (χ2n) is 5.41. The first kappa shape index (κ1) is 16.7. The SMILES string of the molecule is COc1ncc(N=C2CCOCCC2=C(N)c2cn[nH]c2)cc1C#N. The van der Waals surface area contributed by atoms with Crippen molar-refractivity contribution in [2.75, 3.05) is 20.3 Å². The van der Waals surface area contributed by atoms with Gasteiger partial charge in [-0.3, -0.25) is 10.1 Å². The number of methoxy groups -OCH3 is 1. The Morgan fingerprint density at radius 3 is 2.96 bits per heavy atom. The molecule has 1 saturated heterocycles. The van der Waals surface area contributed by atoms with E-state index in [-0.39, 0.29) is 5.88 Å². The molecule has 0 saturated carbocycles. The fourth-order valence-electron chi connectivity index (χ4n) is 2.63. The maximum absolute atomic E-state index is 9.21. The molecule has 3 heterocycles. The Balaban J connectivity index is 2.04. The summed E-state index contributed by atoms with van der Waals surface area (Å²) in [5.41, 5.74) is 10.4. The largest absolute Gasteiger partial charge is 0.480 e. The van der Waals surface area contributed by atoms with Crippen LogP contribution < -0.4 is 10.5 Å². The van der Waals surface area contributed by atoms with Crippen molar-refractivity contribution in [2.45, 2.75) is 12.8 Å². The Kier molecular flexibility index (Phi) is 5.06. The van der Waals surface area contributed by atoms with Crippen molar-refractivity contribution in [1.29, 1.82) is 5.26 Å². The zero-order chi connectivity index (χ0) is 17.6. The lowest BCUT2D eigenvalue weighted by Crippen LogP contribution is -2.10. The predicted molar refractivity (Wildman–Crippen MR) is 92.3 cm³/mol. The van der Waals surface area contributed by atoms with Crippen LogP contribution in [-0.4, -0.2) is 41.2 Å². The first-order valence-corrected chi connectivity index (χ1v) is 7.80. The molecule has 0 radical (unpaired) electrons. The number of aliphatic imine (C=N–C) groups is 1. The lowest BCUT2D eigenvalue weighted by molar-refractivity contribution is 0.150. The highest BCUT2D eigenvalue weighted by Gasteiger charge is 2.17. The summed E-state index contributed by atoms with van der Waals surface area (Å²) in [6.07, 6.45) is 6.28. The van der Waals surface area contributed by atoms with E-state index < -0.39 is 0 Å². The van der Waals surface area contributed by atoms with Crippen LogP contribution in [0.3, 0.4) is 0 Å². The molecule has 0 atom stereocenters. The lowest BCUT2D eigenvalue weighted by Gasteiger charge is -2.11. The molecular formula is C17H18N6O2. The molecule has 1 aliphatic rings. The zero-order valence-corrected chi connectivity index (χ0v) is 13.8. The van der Waals surface area contributed by atoms with Crippen LogP contribution in [0.25, 0.3) is 5.70 Å². The number of nitrogens with one attached hydrogen (secondary N) is 1. The Bertz CT molecular complexity index is 849. The molecule has 128 valence electrons. The monoisotopic (exact) mass is 338 g/mol. The van der Waals surface area contributed by atoms with Gasteiger partial charge in [0.1, 0.15) is 11.6 Å². The van der Waals surface area contributed by atoms with Crippen LogP contribution in [0.2, 0.25) is 0 Å². The van der Waals surface area contributed by atoms with E-state index in [1.807, 2.05) is 0 Å². The topological polar surface area (TPSA) is 122 Å². The minimum absolute atomic E-state index is 0.282. The van der Waals surface area contributed by atoms with Crippen LogP contribution in [0.4, 0.5) is 5.69 Å². The Morgan fingerprint density at radius 1 is 1.40 bits per heavy atom. The first-order valence-electron chi connectivity index (χ1n) is 7.80. The molecule has 0 unspecified atom stereocenters. The molecule has 1 aliphatic heterocycles. The van der Waals surface area contributed by atoms with Crippen molar-refractivity contribution < 1.29 is 9.47 Å². The van der Waals surface area contributed by atoms with Crippen LogP contribution in [0.15, 0.2) is 35.2 Å². The van der Waals surface area contributed by atoms with Gasteiger partial charge < -0.3 is 15.2 Å². The summed E-state index contributed by atoms with van der Waals surface area (Å²) in [5, 5.41) is 15.9. The zero-order valence-electron chi connectivity index (χ0n) is 13.8. The number of nitrogens with two attached hydrogens (primary N) is 1. The van der Waals surface area contributed by atoms with E-state index in [1.54, 1.807) is 24.7 Å². The van der Waals surface area contributed by atoms with Crippen LogP contribution in [0.5, 0.6) is 5.88 Å². The van der Waals surface area contributed by atoms with E-state index in [1.165, 1.54) is 7.11 Å². The maximum atomic E-state index is 9.21. The third-order valence-corrected chi connectivity index (χ3v) is 3.88. The van der Waals surface area contributed by atoms with Gasteiger partial charge in [0, 0.05) is 29.6 Å². The van der Waals surface area contributed by atoms with E-state index in [0.29, 0.717) is 43.0 Å². The molecule has 8 nitrogen and oxygen atoms in total. The van der Waals surface area contributed by atoms with Crippen molar-refractivity contribution in [2.24, 2.45) is 10.7 Å². The van der Waals surface area contributed by atoms with Gasteiger partial charge in [-0.05, 0) is 18.1 Å². The standard InChI is InChI=1S/C17H18N6O2/c1-24-17-11(7-18)6-13(10-20-17)23-15-3-5-25-4-2-14(15)16(19)12-8-21-22-9-12/h6,8-10H,2-5,19H2,1H3,(H,21,22). The van der Waals surface area contributed by atoms with Gasteiger partial charge in [0.2, 0.25) is 5.88 Å². The van der Waals surface area contributed by atoms with Gasteiger partial charge >= 0.3 is 0 Å². The molecule has 0 aromatic carbocycles. The minimum Gasteiger partial charge on any atom is -0.480 e. The highest BCUT2D eigenvalue weighted by molar-refractivity contribution is 6.07. The van der Waals surface area contributed by atoms with Gasteiger partial charge in [-0.2, -0.15) is 10.4 Å². The summed E-state index contributed by atoms with van der Waals surface area (Å²) in [6, 6.07) is 3.71. The molecular weight excluding hydrogens is 320 g/mol. The van der Waals surface area contributed by atoms with Crippen molar-refractivity contribution in [3.05, 3.63) is 41.4 Å². The molecule has 8 heteroatoms. The molecule has 3 rings (SSSR count). The number of H-pyrrole nitrogens is 1. The number of aromatic nitrogens is 3. The van der Waals surface area contributed by atoms with Crippen LogP contribution in [-0.2, 0) is 4.74 Å². The second-order valence-corrected chi connectivity index (χ2v) is 5.41. The number of hydrogen-bond donors (Lipinski definition) is 2. The van der Waals surface area contributed by atoms with Gasteiger partial charge in [-0.1, -0.05) is 0 Å². The lowest BCUT2D eigenvalue weighted by atomic mass is 10.0. The molecule has 1 fully saturated rings. The summed E-state index contributed by atoms with van der Waals surface area (Å²) in [6.45, 7) is 1.15.